The molecular weight excluding hydrogens is 800 g/mol. The summed E-state index contributed by atoms with van der Waals surface area (Å²) in [5, 5.41) is 18.4. The molecule has 0 amide bonds. The molecule has 3 atom stereocenters. The predicted octanol–water partition coefficient (Wildman–Crippen LogP) is 15.6. The second-order valence-corrected chi connectivity index (χ2v) is 19.7. The molecule has 0 fully saturated rings. The first-order valence-electron chi connectivity index (χ1n) is 26.7. The van der Waals surface area contributed by atoms with Crippen LogP contribution in [-0.2, 0) is 27.9 Å². The van der Waals surface area contributed by atoms with E-state index < -0.39 is 33.2 Å². The van der Waals surface area contributed by atoms with Gasteiger partial charge >= 0.3 is 13.8 Å². The molecule has 9 nitrogen and oxygen atoms in total. The molecule has 0 bridgehead atoms. The Morgan fingerprint density at radius 3 is 1.21 bits per heavy atom. The number of hydrogen-bond donors (Lipinski definition) is 3. The van der Waals surface area contributed by atoms with E-state index in [1.165, 1.54) is 218 Å². The molecule has 62 heavy (non-hydrogen) atoms. The highest BCUT2D eigenvalue weighted by Gasteiger charge is 2.26. The number of ether oxygens (including phenoxy) is 2. The van der Waals surface area contributed by atoms with Gasteiger partial charge in [0.15, 0.2) is 0 Å². The summed E-state index contributed by atoms with van der Waals surface area (Å²) in [6.07, 6.45) is 53.3. The van der Waals surface area contributed by atoms with Crippen molar-refractivity contribution in [2.45, 2.75) is 283 Å². The lowest BCUT2D eigenvalue weighted by molar-refractivity contribution is -0.154. The average molecular weight is 903 g/mol. The molecule has 3 unspecified atom stereocenters. The number of aliphatic hydroxyl groups is 2. The maximum atomic E-state index is 12.7. The Labute approximate surface area is 383 Å². The summed E-state index contributed by atoms with van der Waals surface area (Å²) >= 11 is 0. The molecule has 0 saturated carbocycles. The lowest BCUT2D eigenvalue weighted by Gasteiger charge is -2.20. The second kappa shape index (κ2) is 49.6. The van der Waals surface area contributed by atoms with E-state index in [2.05, 4.69) is 26.0 Å². The zero-order chi connectivity index (χ0) is 45.3. The summed E-state index contributed by atoms with van der Waals surface area (Å²) in [4.78, 5) is 22.7. The highest BCUT2D eigenvalue weighted by Crippen LogP contribution is 2.43. The van der Waals surface area contributed by atoms with Gasteiger partial charge in [0.1, 0.15) is 12.2 Å². The van der Waals surface area contributed by atoms with Crippen LogP contribution in [0.1, 0.15) is 271 Å². The normalized spacial score (nSPS) is 13.8. The topological polar surface area (TPSA) is 132 Å². The van der Waals surface area contributed by atoms with Crippen molar-refractivity contribution in [3.8, 4) is 0 Å². The van der Waals surface area contributed by atoms with Crippen molar-refractivity contribution in [2.75, 3.05) is 33.0 Å². The monoisotopic (exact) mass is 903 g/mol. The minimum Gasteiger partial charge on any atom is -0.457 e. The Morgan fingerprint density at radius 1 is 0.484 bits per heavy atom. The van der Waals surface area contributed by atoms with Crippen LogP contribution in [0.2, 0.25) is 0 Å². The molecule has 370 valence electrons. The van der Waals surface area contributed by atoms with E-state index in [0.29, 0.717) is 6.61 Å². The minimum absolute atomic E-state index is 0.0557. The molecule has 0 aromatic carbocycles. The zero-order valence-electron chi connectivity index (χ0n) is 40.9. The van der Waals surface area contributed by atoms with Gasteiger partial charge in [0, 0.05) is 13.0 Å². The number of unbranched alkanes of at least 4 members (excludes halogenated alkanes) is 36. The molecule has 0 rings (SSSR count). The number of hydrogen-bond acceptors (Lipinski definition) is 8. The third-order valence-corrected chi connectivity index (χ3v) is 12.9. The highest BCUT2D eigenvalue weighted by molar-refractivity contribution is 7.47. The summed E-state index contributed by atoms with van der Waals surface area (Å²) in [7, 11) is -4.52. The van der Waals surface area contributed by atoms with Gasteiger partial charge in [-0.2, -0.15) is 0 Å². The van der Waals surface area contributed by atoms with Gasteiger partial charge in [-0.15, -0.1) is 0 Å². The lowest BCUT2D eigenvalue weighted by Crippen LogP contribution is -2.29. The van der Waals surface area contributed by atoms with E-state index in [1.54, 1.807) is 0 Å². The fourth-order valence-corrected chi connectivity index (χ4v) is 8.67. The van der Waals surface area contributed by atoms with Gasteiger partial charge in [0.2, 0.25) is 0 Å². The van der Waals surface area contributed by atoms with Gasteiger partial charge in [-0.05, 0) is 38.5 Å². The number of phosphoric acid groups is 1. The molecule has 0 spiro atoms. The van der Waals surface area contributed by atoms with Crippen molar-refractivity contribution in [3.05, 3.63) is 12.2 Å². The molecule has 0 aromatic heterocycles. The van der Waals surface area contributed by atoms with Gasteiger partial charge in [0.25, 0.3) is 0 Å². The van der Waals surface area contributed by atoms with E-state index in [1.807, 2.05) is 0 Å². The van der Waals surface area contributed by atoms with Gasteiger partial charge in [0.05, 0.1) is 26.4 Å². The van der Waals surface area contributed by atoms with Gasteiger partial charge in [-0.1, -0.05) is 238 Å². The number of allylic oxidation sites excluding steroid dienone is 2. The zero-order valence-corrected chi connectivity index (χ0v) is 41.8. The van der Waals surface area contributed by atoms with E-state index in [9.17, 15) is 19.4 Å². The predicted molar refractivity (Wildman–Crippen MR) is 261 cm³/mol. The van der Waals surface area contributed by atoms with Crippen LogP contribution in [0.4, 0.5) is 0 Å². The van der Waals surface area contributed by atoms with E-state index in [4.69, 9.17) is 23.6 Å². The van der Waals surface area contributed by atoms with Crippen molar-refractivity contribution in [1.82, 2.24) is 0 Å². The van der Waals surface area contributed by atoms with Crippen molar-refractivity contribution in [2.24, 2.45) is 0 Å². The number of carbonyl (C=O) groups excluding carboxylic acids is 1. The molecule has 3 N–H and O–H groups in total. The average Bonchev–Trinajstić information content (AvgIpc) is 3.26. The fraction of sp³-hybridized carbons (Fsp3) is 0.942. The Balaban J connectivity index is 3.99. The first-order valence-corrected chi connectivity index (χ1v) is 28.2. The minimum atomic E-state index is -4.52. The smallest absolute Gasteiger partial charge is 0.457 e. The fourth-order valence-electron chi connectivity index (χ4n) is 7.88. The van der Waals surface area contributed by atoms with Gasteiger partial charge in [-0.3, -0.25) is 13.8 Å². The highest BCUT2D eigenvalue weighted by atomic mass is 31.2. The third kappa shape index (κ3) is 48.7. The summed E-state index contributed by atoms with van der Waals surface area (Å²) < 4.78 is 33.6. The van der Waals surface area contributed by atoms with Crippen molar-refractivity contribution in [1.29, 1.82) is 0 Å². The van der Waals surface area contributed by atoms with Crippen LogP contribution < -0.4 is 0 Å². The number of phosphoric ester groups is 1. The third-order valence-electron chi connectivity index (χ3n) is 12.0. The Bertz CT molecular complexity index is 980. The molecule has 0 aliphatic carbocycles. The Hall–Kier alpha value is -0.800. The van der Waals surface area contributed by atoms with Crippen LogP contribution in [0.15, 0.2) is 12.2 Å². The first-order chi connectivity index (χ1) is 30.3. The van der Waals surface area contributed by atoms with Gasteiger partial charge in [-0.25, -0.2) is 4.57 Å². The molecule has 0 saturated heterocycles. The Morgan fingerprint density at radius 2 is 0.823 bits per heavy atom. The summed E-state index contributed by atoms with van der Waals surface area (Å²) in [5.41, 5.74) is 0. The summed E-state index contributed by atoms with van der Waals surface area (Å²) in [6, 6.07) is 0. The number of aliphatic hydroxyl groups excluding tert-OH is 2. The number of rotatable bonds is 52. The maximum Gasteiger partial charge on any atom is 0.472 e. The first kappa shape index (κ1) is 61.2. The van der Waals surface area contributed by atoms with Crippen LogP contribution >= 0.6 is 7.82 Å². The van der Waals surface area contributed by atoms with E-state index in [0.717, 1.165) is 32.1 Å². The maximum absolute atomic E-state index is 12.7. The van der Waals surface area contributed by atoms with Gasteiger partial charge < -0.3 is 24.6 Å². The molecule has 0 heterocycles. The molecule has 0 aromatic rings. The van der Waals surface area contributed by atoms with Crippen LogP contribution in [0.25, 0.3) is 0 Å². The van der Waals surface area contributed by atoms with Crippen molar-refractivity contribution < 1.29 is 43.0 Å². The summed E-state index contributed by atoms with van der Waals surface area (Å²) in [5.74, 6) is -0.375. The molecular formula is C52H103O9P. The largest absolute Gasteiger partial charge is 0.472 e. The number of esters is 1. The van der Waals surface area contributed by atoms with Crippen molar-refractivity contribution in [3.63, 3.8) is 0 Å². The molecule has 0 aliphatic rings. The van der Waals surface area contributed by atoms with Crippen molar-refractivity contribution >= 4 is 13.8 Å². The summed E-state index contributed by atoms with van der Waals surface area (Å²) in [6.45, 7) is 3.59. The second-order valence-electron chi connectivity index (χ2n) is 18.3. The lowest BCUT2D eigenvalue weighted by atomic mass is 10.0. The number of carbonyl (C=O) groups is 1. The Kier molecular flexibility index (Phi) is 49.0. The quantitative estimate of drug-likeness (QED) is 0.0236. The van der Waals surface area contributed by atoms with Crippen LogP contribution in [0.5, 0.6) is 0 Å². The SMILES string of the molecule is CCCCCCCCCC/C=C\CCCCCCCCCCCCCCOCC(COP(=O)(O)OCC(O)CO)OC(=O)CCCCCCCCCCCCCCCCCCC. The van der Waals surface area contributed by atoms with E-state index >= 15 is 0 Å². The molecule has 10 heteroatoms. The molecule has 0 aliphatic heterocycles. The van der Waals surface area contributed by atoms with Crippen LogP contribution in [0, 0.1) is 0 Å². The van der Waals surface area contributed by atoms with Crippen LogP contribution in [0.3, 0.4) is 0 Å². The molecule has 0 radical (unpaired) electrons. The van der Waals surface area contributed by atoms with E-state index in [-0.39, 0.29) is 25.6 Å². The standard InChI is InChI=1S/C52H103O9P/c1-3-5-7-9-11-13-15-17-19-21-22-23-24-25-26-27-29-31-33-35-37-39-41-43-45-58-48-51(49-60-62(56,57)59-47-50(54)46-53)61-52(55)44-42-40-38-36-34-32-30-28-20-18-16-14-12-10-8-6-4-2/h21-22,50-51,53-54H,3-20,23-49H2,1-2H3,(H,56,57)/b22-21-. The van der Waals surface area contributed by atoms with Crippen LogP contribution in [-0.4, -0.2) is 66.3 Å².